The molecule has 23 heavy (non-hydrogen) atoms. The van der Waals surface area contributed by atoms with Crippen molar-refractivity contribution in [3.63, 3.8) is 0 Å². The van der Waals surface area contributed by atoms with Gasteiger partial charge in [-0.2, -0.15) is 0 Å². The molecule has 4 nitrogen and oxygen atoms in total. The van der Waals surface area contributed by atoms with E-state index in [2.05, 4.69) is 27.0 Å². The number of ether oxygens (including phenoxy) is 1. The fraction of sp³-hybridized carbons (Fsp3) is 0.222. The Kier molecular flexibility index (Phi) is 3.85. The highest BCUT2D eigenvalue weighted by molar-refractivity contribution is 6.32. The van der Waals surface area contributed by atoms with Crippen LogP contribution in [-0.2, 0) is 4.74 Å². The van der Waals surface area contributed by atoms with Gasteiger partial charge in [0.1, 0.15) is 5.15 Å². The van der Waals surface area contributed by atoms with Crippen molar-refractivity contribution in [2.24, 2.45) is 0 Å². The number of nitrogens with zero attached hydrogens (tertiary/aromatic N) is 3. The van der Waals surface area contributed by atoms with Crippen LogP contribution in [0.2, 0.25) is 5.15 Å². The quantitative estimate of drug-likeness (QED) is 0.672. The maximum absolute atomic E-state index is 6.24. The van der Waals surface area contributed by atoms with Crippen molar-refractivity contribution in [1.82, 2.24) is 9.97 Å². The fourth-order valence-electron chi connectivity index (χ4n) is 2.98. The first-order valence-corrected chi connectivity index (χ1v) is 8.03. The molecule has 0 saturated carbocycles. The molecule has 2 aromatic heterocycles. The predicted molar refractivity (Wildman–Crippen MR) is 93.0 cm³/mol. The Morgan fingerprint density at radius 2 is 1.87 bits per heavy atom. The molecule has 0 atom stereocenters. The minimum atomic E-state index is 0.517. The van der Waals surface area contributed by atoms with E-state index in [0.717, 1.165) is 48.3 Å². The Balaban J connectivity index is 1.85. The number of morpholine rings is 1. The number of fused-ring (bicyclic) bond motifs is 1. The zero-order valence-corrected chi connectivity index (χ0v) is 13.3. The van der Waals surface area contributed by atoms with Crippen molar-refractivity contribution in [2.45, 2.75) is 0 Å². The Morgan fingerprint density at radius 3 is 2.70 bits per heavy atom. The average molecular weight is 326 g/mol. The highest BCUT2D eigenvalue weighted by Crippen LogP contribution is 2.32. The average Bonchev–Trinajstić information content (AvgIpc) is 2.62. The van der Waals surface area contributed by atoms with Gasteiger partial charge in [0.25, 0.3) is 0 Å². The molecule has 116 valence electrons. The van der Waals surface area contributed by atoms with E-state index in [0.29, 0.717) is 5.15 Å². The summed E-state index contributed by atoms with van der Waals surface area (Å²) in [5.74, 6) is 0. The van der Waals surface area contributed by atoms with Gasteiger partial charge in [-0.1, -0.05) is 17.7 Å². The Morgan fingerprint density at radius 1 is 1.00 bits per heavy atom. The van der Waals surface area contributed by atoms with Crippen LogP contribution in [-0.4, -0.2) is 36.3 Å². The lowest BCUT2D eigenvalue weighted by molar-refractivity contribution is 0.123. The van der Waals surface area contributed by atoms with Crippen LogP contribution in [0.1, 0.15) is 0 Å². The molecule has 4 rings (SSSR count). The van der Waals surface area contributed by atoms with Crippen LogP contribution in [0, 0.1) is 0 Å². The van der Waals surface area contributed by atoms with Gasteiger partial charge in [-0.3, -0.25) is 4.98 Å². The minimum absolute atomic E-state index is 0.517. The van der Waals surface area contributed by atoms with E-state index in [4.69, 9.17) is 16.3 Å². The molecule has 1 saturated heterocycles. The second-order valence-corrected chi connectivity index (χ2v) is 5.86. The summed E-state index contributed by atoms with van der Waals surface area (Å²) >= 11 is 6.24. The van der Waals surface area contributed by atoms with E-state index in [1.807, 2.05) is 30.5 Å². The van der Waals surface area contributed by atoms with E-state index in [1.165, 1.54) is 5.69 Å². The van der Waals surface area contributed by atoms with Crippen molar-refractivity contribution in [3.05, 3.63) is 53.9 Å². The van der Waals surface area contributed by atoms with Crippen LogP contribution in [0.5, 0.6) is 0 Å². The Hall–Kier alpha value is -2.17. The first-order chi connectivity index (χ1) is 11.3. The van der Waals surface area contributed by atoms with Crippen molar-refractivity contribution in [1.29, 1.82) is 0 Å². The number of halogens is 1. The summed E-state index contributed by atoms with van der Waals surface area (Å²) in [4.78, 5) is 11.0. The minimum Gasteiger partial charge on any atom is -0.378 e. The first kappa shape index (κ1) is 14.4. The molecule has 0 unspecified atom stereocenters. The number of aromatic nitrogens is 2. The van der Waals surface area contributed by atoms with Crippen LogP contribution >= 0.6 is 11.6 Å². The largest absolute Gasteiger partial charge is 0.378 e. The van der Waals surface area contributed by atoms with E-state index < -0.39 is 0 Å². The number of benzene rings is 1. The Labute approximate surface area is 139 Å². The zero-order valence-electron chi connectivity index (χ0n) is 12.6. The second-order valence-electron chi connectivity index (χ2n) is 5.50. The molecule has 3 aromatic rings. The van der Waals surface area contributed by atoms with Gasteiger partial charge in [-0.15, -0.1) is 0 Å². The molecule has 1 aliphatic heterocycles. The molecule has 1 fully saturated rings. The summed E-state index contributed by atoms with van der Waals surface area (Å²) in [7, 11) is 0. The molecule has 0 radical (unpaired) electrons. The van der Waals surface area contributed by atoms with E-state index in [1.54, 1.807) is 6.20 Å². The third kappa shape index (κ3) is 2.76. The molecule has 0 aliphatic carbocycles. The summed E-state index contributed by atoms with van der Waals surface area (Å²) < 4.78 is 5.46. The lowest BCUT2D eigenvalue weighted by atomic mass is 10.0. The summed E-state index contributed by atoms with van der Waals surface area (Å²) in [6.07, 6.45) is 3.57. The second kappa shape index (κ2) is 6.14. The summed E-state index contributed by atoms with van der Waals surface area (Å²) in [6, 6.07) is 12.2. The van der Waals surface area contributed by atoms with Crippen molar-refractivity contribution < 1.29 is 4.74 Å². The van der Waals surface area contributed by atoms with Crippen LogP contribution < -0.4 is 4.90 Å². The van der Waals surface area contributed by atoms with Crippen molar-refractivity contribution in [2.75, 3.05) is 31.2 Å². The first-order valence-electron chi connectivity index (χ1n) is 7.65. The SMILES string of the molecule is Clc1ncccc1-c1ccc2nccc(N3CCOCC3)c2c1. The summed E-state index contributed by atoms with van der Waals surface area (Å²) in [5, 5.41) is 1.65. The van der Waals surface area contributed by atoms with Crippen LogP contribution in [0.4, 0.5) is 5.69 Å². The van der Waals surface area contributed by atoms with E-state index in [9.17, 15) is 0 Å². The van der Waals surface area contributed by atoms with E-state index >= 15 is 0 Å². The molecule has 1 aromatic carbocycles. The molecule has 5 heteroatoms. The molecular weight excluding hydrogens is 310 g/mol. The van der Waals surface area contributed by atoms with Crippen molar-refractivity contribution in [3.8, 4) is 11.1 Å². The molecule has 1 aliphatic rings. The molecule has 0 spiro atoms. The van der Waals surface area contributed by atoms with Gasteiger partial charge in [0, 0.05) is 42.1 Å². The zero-order chi connectivity index (χ0) is 15.6. The van der Waals surface area contributed by atoms with Crippen LogP contribution in [0.3, 0.4) is 0 Å². The number of rotatable bonds is 2. The van der Waals surface area contributed by atoms with Crippen molar-refractivity contribution >= 4 is 28.2 Å². The van der Waals surface area contributed by atoms with Crippen LogP contribution in [0.25, 0.3) is 22.0 Å². The molecule has 3 heterocycles. The number of anilines is 1. The monoisotopic (exact) mass is 325 g/mol. The topological polar surface area (TPSA) is 38.2 Å². The van der Waals surface area contributed by atoms with Gasteiger partial charge in [-0.25, -0.2) is 4.98 Å². The third-order valence-corrected chi connectivity index (χ3v) is 4.44. The lowest BCUT2D eigenvalue weighted by Gasteiger charge is -2.29. The number of pyridine rings is 2. The Bertz CT molecular complexity index is 847. The number of hydrogen-bond donors (Lipinski definition) is 0. The predicted octanol–water partition coefficient (Wildman–Crippen LogP) is 3.79. The third-order valence-electron chi connectivity index (χ3n) is 4.14. The van der Waals surface area contributed by atoms with Crippen LogP contribution in [0.15, 0.2) is 48.8 Å². The van der Waals surface area contributed by atoms with Gasteiger partial charge < -0.3 is 9.64 Å². The summed E-state index contributed by atoms with van der Waals surface area (Å²) in [6.45, 7) is 3.32. The molecular formula is C18H16ClN3O. The van der Waals surface area contributed by atoms with E-state index in [-0.39, 0.29) is 0 Å². The maximum Gasteiger partial charge on any atom is 0.136 e. The molecule has 0 bridgehead atoms. The van der Waals surface area contributed by atoms with Gasteiger partial charge in [0.05, 0.1) is 18.7 Å². The summed E-state index contributed by atoms with van der Waals surface area (Å²) in [5.41, 5.74) is 4.17. The maximum atomic E-state index is 6.24. The van der Waals surface area contributed by atoms with Gasteiger partial charge in [0.2, 0.25) is 0 Å². The molecule has 0 amide bonds. The van der Waals surface area contributed by atoms with Gasteiger partial charge >= 0.3 is 0 Å². The standard InChI is InChI=1S/C18H16ClN3O/c19-18-14(2-1-6-21-18)13-3-4-16-15(12-13)17(5-7-20-16)22-8-10-23-11-9-22/h1-7,12H,8-11H2. The fourth-order valence-corrected chi connectivity index (χ4v) is 3.21. The van der Waals surface area contributed by atoms with Gasteiger partial charge in [-0.05, 0) is 35.9 Å². The smallest absolute Gasteiger partial charge is 0.136 e. The lowest BCUT2D eigenvalue weighted by Crippen LogP contribution is -2.36. The highest BCUT2D eigenvalue weighted by atomic mass is 35.5. The normalized spacial score (nSPS) is 15.1. The number of hydrogen-bond acceptors (Lipinski definition) is 4. The van der Waals surface area contributed by atoms with Gasteiger partial charge in [0.15, 0.2) is 0 Å². The molecule has 0 N–H and O–H groups in total. The highest BCUT2D eigenvalue weighted by Gasteiger charge is 2.15.